The smallest absolute Gasteiger partial charge is 0.143 e. The lowest BCUT2D eigenvalue weighted by molar-refractivity contribution is 0.303. The third-order valence-electron chi connectivity index (χ3n) is 3.92. The van der Waals surface area contributed by atoms with Crippen LogP contribution in [0.4, 0.5) is 5.69 Å². The molecule has 0 aliphatic rings. The Labute approximate surface area is 168 Å². The molecule has 3 aromatic rings. The maximum Gasteiger partial charge on any atom is 0.143 e. The van der Waals surface area contributed by atoms with E-state index < -0.39 is 0 Å². The molecule has 0 fully saturated rings. The molecule has 5 heteroatoms. The third-order valence-corrected chi connectivity index (χ3v) is 4.78. The van der Waals surface area contributed by atoms with E-state index in [0.717, 1.165) is 16.8 Å². The zero-order valence-electron chi connectivity index (χ0n) is 14.2. The standard InChI is InChI=1S/C21H18Cl3NO/c1-14-5-4-7-18(9-14)25-12-16-10-17(22)11-20(24)21(16)26-13-15-6-2-3-8-19(15)23/h2-11,25H,12-13H2,1H3. The second-order valence-electron chi connectivity index (χ2n) is 5.98. The molecule has 0 unspecified atom stereocenters. The molecular formula is C21H18Cl3NO. The number of anilines is 1. The number of halogens is 3. The summed E-state index contributed by atoms with van der Waals surface area (Å²) in [5.41, 5.74) is 4.00. The Hall–Kier alpha value is -1.87. The van der Waals surface area contributed by atoms with Gasteiger partial charge in [-0.3, -0.25) is 0 Å². The van der Waals surface area contributed by atoms with Crippen molar-refractivity contribution >= 4 is 40.5 Å². The molecule has 134 valence electrons. The van der Waals surface area contributed by atoms with Gasteiger partial charge in [0.1, 0.15) is 12.4 Å². The molecule has 3 rings (SSSR count). The maximum absolute atomic E-state index is 6.38. The van der Waals surface area contributed by atoms with Crippen molar-refractivity contribution in [2.45, 2.75) is 20.1 Å². The molecule has 0 aliphatic carbocycles. The van der Waals surface area contributed by atoms with Crippen LogP contribution in [0.15, 0.2) is 60.7 Å². The van der Waals surface area contributed by atoms with Crippen molar-refractivity contribution in [2.75, 3.05) is 5.32 Å². The Balaban J connectivity index is 1.79. The molecular weight excluding hydrogens is 389 g/mol. The van der Waals surface area contributed by atoms with E-state index >= 15 is 0 Å². The first kappa shape index (κ1) is 18.9. The average molecular weight is 407 g/mol. The highest BCUT2D eigenvalue weighted by atomic mass is 35.5. The van der Waals surface area contributed by atoms with E-state index in [1.54, 1.807) is 6.07 Å². The molecule has 0 spiro atoms. The van der Waals surface area contributed by atoms with Crippen LogP contribution < -0.4 is 10.1 Å². The van der Waals surface area contributed by atoms with Crippen molar-refractivity contribution in [3.8, 4) is 5.75 Å². The van der Waals surface area contributed by atoms with E-state index in [9.17, 15) is 0 Å². The van der Waals surface area contributed by atoms with Crippen molar-refractivity contribution in [1.82, 2.24) is 0 Å². The van der Waals surface area contributed by atoms with Gasteiger partial charge < -0.3 is 10.1 Å². The second-order valence-corrected chi connectivity index (χ2v) is 7.23. The summed E-state index contributed by atoms with van der Waals surface area (Å²) in [6.45, 7) is 2.93. The topological polar surface area (TPSA) is 21.3 Å². The van der Waals surface area contributed by atoms with E-state index in [-0.39, 0.29) is 0 Å². The van der Waals surface area contributed by atoms with E-state index in [1.807, 2.05) is 42.5 Å². The van der Waals surface area contributed by atoms with Crippen LogP contribution in [0.3, 0.4) is 0 Å². The van der Waals surface area contributed by atoms with E-state index in [2.05, 4.69) is 24.4 Å². The highest BCUT2D eigenvalue weighted by molar-refractivity contribution is 6.35. The Bertz CT molecular complexity index is 912. The summed E-state index contributed by atoms with van der Waals surface area (Å²) in [5.74, 6) is 0.608. The fraction of sp³-hybridized carbons (Fsp3) is 0.143. The first-order chi connectivity index (χ1) is 12.5. The summed E-state index contributed by atoms with van der Waals surface area (Å²) in [5, 5.41) is 5.09. The summed E-state index contributed by atoms with van der Waals surface area (Å²) in [6.07, 6.45) is 0. The van der Waals surface area contributed by atoms with Crippen LogP contribution in [-0.4, -0.2) is 0 Å². The second kappa shape index (κ2) is 8.68. The third kappa shape index (κ3) is 4.85. The lowest BCUT2D eigenvalue weighted by Crippen LogP contribution is -2.05. The molecule has 26 heavy (non-hydrogen) atoms. The Morgan fingerprint density at radius 2 is 1.65 bits per heavy atom. The van der Waals surface area contributed by atoms with E-state index in [4.69, 9.17) is 39.5 Å². The molecule has 0 aliphatic heterocycles. The van der Waals surface area contributed by atoms with E-state index in [1.165, 1.54) is 5.56 Å². The molecule has 0 saturated heterocycles. The monoisotopic (exact) mass is 405 g/mol. The normalized spacial score (nSPS) is 10.6. The average Bonchev–Trinajstić information content (AvgIpc) is 2.60. The van der Waals surface area contributed by atoms with Gasteiger partial charge >= 0.3 is 0 Å². The fourth-order valence-corrected chi connectivity index (χ4v) is 3.40. The summed E-state index contributed by atoms with van der Waals surface area (Å²) in [6, 6.07) is 19.3. The van der Waals surface area contributed by atoms with Crippen LogP contribution in [0.25, 0.3) is 0 Å². The van der Waals surface area contributed by atoms with Gasteiger partial charge in [0, 0.05) is 33.4 Å². The minimum absolute atomic E-state index is 0.332. The van der Waals surface area contributed by atoms with Gasteiger partial charge in [-0.05, 0) is 42.8 Å². The molecule has 1 N–H and O–H groups in total. The van der Waals surface area contributed by atoms with Gasteiger partial charge in [-0.25, -0.2) is 0 Å². The van der Waals surface area contributed by atoms with Crippen LogP contribution in [-0.2, 0) is 13.2 Å². The molecule has 0 atom stereocenters. The summed E-state index contributed by atoms with van der Waals surface area (Å²) < 4.78 is 5.99. The maximum atomic E-state index is 6.38. The molecule has 0 radical (unpaired) electrons. The van der Waals surface area contributed by atoms with Crippen molar-refractivity contribution < 1.29 is 4.74 Å². The van der Waals surface area contributed by atoms with Gasteiger partial charge in [-0.1, -0.05) is 65.1 Å². The zero-order valence-corrected chi connectivity index (χ0v) is 16.5. The van der Waals surface area contributed by atoms with Crippen LogP contribution in [0.2, 0.25) is 15.1 Å². The Morgan fingerprint density at radius 1 is 0.846 bits per heavy atom. The highest BCUT2D eigenvalue weighted by Gasteiger charge is 2.12. The lowest BCUT2D eigenvalue weighted by atomic mass is 10.1. The number of rotatable bonds is 6. The van der Waals surface area contributed by atoms with Crippen LogP contribution in [0, 0.1) is 6.92 Å². The van der Waals surface area contributed by atoms with Gasteiger partial charge in [0.05, 0.1) is 5.02 Å². The van der Waals surface area contributed by atoms with Crippen LogP contribution in [0.1, 0.15) is 16.7 Å². The number of ether oxygens (including phenoxy) is 1. The number of hydrogen-bond donors (Lipinski definition) is 1. The molecule has 2 nitrogen and oxygen atoms in total. The lowest BCUT2D eigenvalue weighted by Gasteiger charge is -2.16. The van der Waals surface area contributed by atoms with Crippen LogP contribution in [0.5, 0.6) is 5.75 Å². The Kier molecular flexibility index (Phi) is 6.31. The molecule has 3 aromatic carbocycles. The first-order valence-corrected chi connectivity index (χ1v) is 9.31. The van der Waals surface area contributed by atoms with Crippen molar-refractivity contribution in [1.29, 1.82) is 0 Å². The first-order valence-electron chi connectivity index (χ1n) is 8.17. The predicted octanol–water partition coefficient (Wildman–Crippen LogP) is 7.15. The van der Waals surface area contributed by atoms with E-state index in [0.29, 0.717) is 34.0 Å². The quantitative estimate of drug-likeness (QED) is 0.469. The summed E-state index contributed by atoms with van der Waals surface area (Å²) in [7, 11) is 0. The van der Waals surface area contributed by atoms with Gasteiger partial charge in [0.15, 0.2) is 0 Å². The Morgan fingerprint density at radius 3 is 2.42 bits per heavy atom. The van der Waals surface area contributed by atoms with Crippen molar-refractivity contribution in [2.24, 2.45) is 0 Å². The number of aryl methyl sites for hydroxylation is 1. The minimum atomic E-state index is 0.332. The van der Waals surface area contributed by atoms with Gasteiger partial charge in [0.2, 0.25) is 0 Å². The SMILES string of the molecule is Cc1cccc(NCc2cc(Cl)cc(Cl)c2OCc2ccccc2Cl)c1. The molecule has 0 heterocycles. The molecule has 0 amide bonds. The van der Waals surface area contributed by atoms with Crippen molar-refractivity contribution in [3.05, 3.63) is 92.4 Å². The van der Waals surface area contributed by atoms with Gasteiger partial charge in [-0.2, -0.15) is 0 Å². The molecule has 0 aromatic heterocycles. The predicted molar refractivity (Wildman–Crippen MR) is 111 cm³/mol. The molecule has 0 saturated carbocycles. The van der Waals surface area contributed by atoms with Gasteiger partial charge in [-0.15, -0.1) is 0 Å². The fourth-order valence-electron chi connectivity index (χ4n) is 2.62. The zero-order chi connectivity index (χ0) is 18.5. The number of nitrogens with one attached hydrogen (secondary N) is 1. The minimum Gasteiger partial charge on any atom is -0.487 e. The summed E-state index contributed by atoms with van der Waals surface area (Å²) in [4.78, 5) is 0. The number of benzene rings is 3. The molecule has 0 bridgehead atoms. The summed E-state index contributed by atoms with van der Waals surface area (Å²) >= 11 is 18.8. The van der Waals surface area contributed by atoms with Crippen LogP contribution >= 0.6 is 34.8 Å². The van der Waals surface area contributed by atoms with Crippen molar-refractivity contribution in [3.63, 3.8) is 0 Å². The van der Waals surface area contributed by atoms with Gasteiger partial charge in [0.25, 0.3) is 0 Å². The largest absolute Gasteiger partial charge is 0.487 e. The number of hydrogen-bond acceptors (Lipinski definition) is 2. The highest BCUT2D eigenvalue weighted by Crippen LogP contribution is 2.34.